The molecule has 0 aromatic heterocycles. The zero-order chi connectivity index (χ0) is 17.6. The van der Waals surface area contributed by atoms with Gasteiger partial charge in [-0.05, 0) is 50.1 Å². The number of hydrogen-bond donors (Lipinski definition) is 3. The normalized spacial score (nSPS) is 22.9. The SMILES string of the molecule is CC(C)CNC(=O)N1CCCC(C(=O)NCC2(C)CCNCC2)C1.Cl. The molecule has 3 amide bonds. The van der Waals surface area contributed by atoms with E-state index in [2.05, 4.69) is 36.7 Å². The van der Waals surface area contributed by atoms with Gasteiger partial charge in [-0.15, -0.1) is 12.4 Å². The van der Waals surface area contributed by atoms with Gasteiger partial charge in [0, 0.05) is 26.2 Å². The first-order valence-corrected chi connectivity index (χ1v) is 9.41. The lowest BCUT2D eigenvalue weighted by Gasteiger charge is -2.36. The van der Waals surface area contributed by atoms with Crippen molar-refractivity contribution < 1.29 is 9.59 Å². The van der Waals surface area contributed by atoms with E-state index in [1.54, 1.807) is 4.90 Å². The van der Waals surface area contributed by atoms with Gasteiger partial charge in [-0.1, -0.05) is 20.8 Å². The zero-order valence-electron chi connectivity index (χ0n) is 15.9. The molecule has 7 heteroatoms. The molecular formula is C18H35ClN4O2. The summed E-state index contributed by atoms with van der Waals surface area (Å²) in [4.78, 5) is 26.5. The van der Waals surface area contributed by atoms with Gasteiger partial charge in [0.05, 0.1) is 5.92 Å². The number of nitrogens with zero attached hydrogens (tertiary/aromatic N) is 1. The van der Waals surface area contributed by atoms with Gasteiger partial charge in [0.15, 0.2) is 0 Å². The van der Waals surface area contributed by atoms with E-state index in [1.165, 1.54) is 0 Å². The van der Waals surface area contributed by atoms with Crippen molar-refractivity contribution in [3.8, 4) is 0 Å². The van der Waals surface area contributed by atoms with Crippen molar-refractivity contribution in [3.05, 3.63) is 0 Å². The molecule has 25 heavy (non-hydrogen) atoms. The van der Waals surface area contributed by atoms with Crippen LogP contribution in [0.1, 0.15) is 46.5 Å². The molecule has 3 N–H and O–H groups in total. The van der Waals surface area contributed by atoms with Crippen LogP contribution in [0, 0.1) is 17.3 Å². The fourth-order valence-corrected chi connectivity index (χ4v) is 3.43. The molecule has 6 nitrogen and oxygen atoms in total. The molecule has 2 heterocycles. The molecule has 2 rings (SSSR count). The summed E-state index contributed by atoms with van der Waals surface area (Å²) < 4.78 is 0. The van der Waals surface area contributed by atoms with Crippen molar-refractivity contribution in [3.63, 3.8) is 0 Å². The number of piperidine rings is 2. The van der Waals surface area contributed by atoms with Crippen LogP contribution in [-0.4, -0.2) is 56.1 Å². The lowest BCUT2D eigenvalue weighted by atomic mass is 9.81. The topological polar surface area (TPSA) is 73.5 Å². The van der Waals surface area contributed by atoms with Crippen LogP contribution in [0.25, 0.3) is 0 Å². The molecule has 2 fully saturated rings. The molecule has 0 bridgehead atoms. The van der Waals surface area contributed by atoms with Gasteiger partial charge < -0.3 is 20.9 Å². The summed E-state index contributed by atoms with van der Waals surface area (Å²) in [6.45, 7) is 11.2. The lowest BCUT2D eigenvalue weighted by Crippen LogP contribution is -2.50. The number of carbonyl (C=O) groups is 2. The van der Waals surface area contributed by atoms with E-state index in [-0.39, 0.29) is 35.7 Å². The van der Waals surface area contributed by atoms with Crippen molar-refractivity contribution in [2.75, 3.05) is 39.3 Å². The van der Waals surface area contributed by atoms with E-state index >= 15 is 0 Å². The molecule has 0 radical (unpaired) electrons. The molecule has 2 aliphatic heterocycles. The third-order valence-corrected chi connectivity index (χ3v) is 5.24. The molecule has 2 saturated heterocycles. The fourth-order valence-electron chi connectivity index (χ4n) is 3.43. The van der Waals surface area contributed by atoms with E-state index in [1.807, 2.05) is 0 Å². The highest BCUT2D eigenvalue weighted by molar-refractivity contribution is 5.85. The Morgan fingerprint density at radius 2 is 1.92 bits per heavy atom. The maximum atomic E-state index is 12.5. The Morgan fingerprint density at radius 1 is 1.24 bits per heavy atom. The van der Waals surface area contributed by atoms with E-state index in [0.717, 1.165) is 51.9 Å². The molecule has 146 valence electrons. The molecular weight excluding hydrogens is 340 g/mol. The van der Waals surface area contributed by atoms with Crippen molar-refractivity contribution in [2.45, 2.75) is 46.5 Å². The van der Waals surface area contributed by atoms with Crippen LogP contribution in [0.4, 0.5) is 4.79 Å². The zero-order valence-corrected chi connectivity index (χ0v) is 16.7. The first-order chi connectivity index (χ1) is 11.4. The van der Waals surface area contributed by atoms with Crippen LogP contribution in [0.3, 0.4) is 0 Å². The summed E-state index contributed by atoms with van der Waals surface area (Å²) in [6, 6.07) is -0.0356. The second kappa shape index (κ2) is 10.2. The van der Waals surface area contributed by atoms with E-state index < -0.39 is 0 Å². The van der Waals surface area contributed by atoms with Crippen LogP contribution in [0.2, 0.25) is 0 Å². The average Bonchev–Trinajstić information content (AvgIpc) is 2.58. The number of urea groups is 1. The first kappa shape index (κ1) is 22.0. The van der Waals surface area contributed by atoms with Gasteiger partial charge in [-0.3, -0.25) is 4.79 Å². The largest absolute Gasteiger partial charge is 0.355 e. The van der Waals surface area contributed by atoms with Crippen molar-refractivity contribution >= 4 is 24.3 Å². The Bertz CT molecular complexity index is 439. The van der Waals surface area contributed by atoms with Crippen molar-refractivity contribution in [1.29, 1.82) is 0 Å². The Kier molecular flexibility index (Phi) is 9.00. The number of hydrogen-bond acceptors (Lipinski definition) is 3. The van der Waals surface area contributed by atoms with Gasteiger partial charge in [0.25, 0.3) is 0 Å². The fraction of sp³-hybridized carbons (Fsp3) is 0.889. The third kappa shape index (κ3) is 7.02. The van der Waals surface area contributed by atoms with Crippen LogP contribution < -0.4 is 16.0 Å². The highest BCUT2D eigenvalue weighted by Crippen LogP contribution is 2.27. The summed E-state index contributed by atoms with van der Waals surface area (Å²) in [7, 11) is 0. The molecule has 1 atom stereocenters. The average molecular weight is 375 g/mol. The number of likely N-dealkylation sites (tertiary alicyclic amines) is 1. The summed E-state index contributed by atoms with van der Waals surface area (Å²) in [5, 5.41) is 9.46. The van der Waals surface area contributed by atoms with Crippen LogP contribution in [0.5, 0.6) is 0 Å². The highest BCUT2D eigenvalue weighted by atomic mass is 35.5. The molecule has 0 aromatic rings. The van der Waals surface area contributed by atoms with E-state index in [9.17, 15) is 9.59 Å². The molecule has 1 unspecified atom stereocenters. The third-order valence-electron chi connectivity index (χ3n) is 5.24. The summed E-state index contributed by atoms with van der Waals surface area (Å²) in [5.74, 6) is 0.466. The maximum absolute atomic E-state index is 12.5. The second-order valence-electron chi connectivity index (χ2n) is 8.14. The standard InChI is InChI=1S/C18H34N4O2.ClH/c1-14(2)11-20-17(24)22-10-4-5-15(12-22)16(23)21-13-18(3)6-8-19-9-7-18;/h14-15,19H,4-13H2,1-3H3,(H,20,24)(H,21,23);1H. The van der Waals surface area contributed by atoms with Crippen molar-refractivity contribution in [1.82, 2.24) is 20.9 Å². The summed E-state index contributed by atoms with van der Waals surface area (Å²) >= 11 is 0. The van der Waals surface area contributed by atoms with E-state index in [0.29, 0.717) is 19.0 Å². The Morgan fingerprint density at radius 3 is 2.56 bits per heavy atom. The predicted octanol–water partition coefficient (Wildman–Crippen LogP) is 1.99. The van der Waals surface area contributed by atoms with E-state index in [4.69, 9.17) is 0 Å². The Balaban J connectivity index is 0.00000312. The van der Waals surface area contributed by atoms with Crippen molar-refractivity contribution in [2.24, 2.45) is 17.3 Å². The smallest absolute Gasteiger partial charge is 0.317 e. The minimum atomic E-state index is -0.0751. The first-order valence-electron chi connectivity index (χ1n) is 9.41. The van der Waals surface area contributed by atoms with Gasteiger partial charge >= 0.3 is 6.03 Å². The van der Waals surface area contributed by atoms with Gasteiger partial charge in [0.1, 0.15) is 0 Å². The van der Waals surface area contributed by atoms with Crippen LogP contribution in [0.15, 0.2) is 0 Å². The molecule has 0 spiro atoms. The van der Waals surface area contributed by atoms with Gasteiger partial charge in [-0.25, -0.2) is 4.79 Å². The van der Waals surface area contributed by atoms with Crippen LogP contribution in [-0.2, 0) is 4.79 Å². The predicted molar refractivity (Wildman–Crippen MR) is 103 cm³/mol. The maximum Gasteiger partial charge on any atom is 0.317 e. The number of nitrogens with one attached hydrogen (secondary N) is 3. The minimum Gasteiger partial charge on any atom is -0.355 e. The molecule has 0 aliphatic carbocycles. The molecule has 0 saturated carbocycles. The number of halogens is 1. The highest BCUT2D eigenvalue weighted by Gasteiger charge is 2.31. The van der Waals surface area contributed by atoms with Gasteiger partial charge in [-0.2, -0.15) is 0 Å². The lowest BCUT2D eigenvalue weighted by molar-refractivity contribution is -0.126. The second-order valence-corrected chi connectivity index (χ2v) is 8.14. The Labute approximate surface area is 158 Å². The monoisotopic (exact) mass is 374 g/mol. The number of rotatable bonds is 5. The quantitative estimate of drug-likeness (QED) is 0.689. The minimum absolute atomic E-state index is 0. The Hall–Kier alpha value is -1.01. The number of carbonyl (C=O) groups excluding carboxylic acids is 2. The van der Waals surface area contributed by atoms with Crippen LogP contribution >= 0.6 is 12.4 Å². The van der Waals surface area contributed by atoms with Gasteiger partial charge in [0.2, 0.25) is 5.91 Å². The summed E-state index contributed by atoms with van der Waals surface area (Å²) in [6.07, 6.45) is 3.97. The molecule has 0 aromatic carbocycles. The molecule has 2 aliphatic rings. The summed E-state index contributed by atoms with van der Waals surface area (Å²) in [5.41, 5.74) is 0.198. The number of amides is 3.